The molecule has 7 nitrogen and oxygen atoms in total. The van der Waals surface area contributed by atoms with E-state index in [4.69, 9.17) is 37.4 Å². The molecule has 1 N–H and O–H groups in total. The molecule has 6 rings (SSSR count). The zero-order valence-corrected chi connectivity index (χ0v) is 30.2. The summed E-state index contributed by atoms with van der Waals surface area (Å²) in [6.45, 7) is 9.57. The third-order valence-electron chi connectivity index (χ3n) is 10.1. The van der Waals surface area contributed by atoms with E-state index in [0.717, 1.165) is 6.04 Å². The summed E-state index contributed by atoms with van der Waals surface area (Å²) >= 11 is 12.6. The van der Waals surface area contributed by atoms with E-state index in [1.165, 1.54) is 11.0 Å². The van der Waals surface area contributed by atoms with E-state index in [1.54, 1.807) is 54.6 Å². The van der Waals surface area contributed by atoms with Crippen molar-refractivity contribution in [1.82, 2.24) is 4.90 Å². The second kappa shape index (κ2) is 13.5. The van der Waals surface area contributed by atoms with Crippen LogP contribution in [0, 0.1) is 17.7 Å². The Morgan fingerprint density at radius 3 is 2.29 bits per heavy atom. The van der Waals surface area contributed by atoms with Gasteiger partial charge in [0.1, 0.15) is 11.7 Å². The smallest absolute Gasteiger partial charge is 0.313 e. The third-order valence-corrected chi connectivity index (χ3v) is 12.3. The van der Waals surface area contributed by atoms with Crippen LogP contribution in [0.15, 0.2) is 60.7 Å². The van der Waals surface area contributed by atoms with Gasteiger partial charge in [-0.15, -0.1) is 0 Å². The summed E-state index contributed by atoms with van der Waals surface area (Å²) in [7, 11) is -1.51. The van der Waals surface area contributed by atoms with Gasteiger partial charge in [0.2, 0.25) is 5.72 Å². The van der Waals surface area contributed by atoms with Crippen molar-refractivity contribution in [3.63, 3.8) is 0 Å². The van der Waals surface area contributed by atoms with Crippen LogP contribution in [0.5, 0.6) is 0 Å². The van der Waals surface area contributed by atoms with Gasteiger partial charge in [-0.2, -0.15) is 0 Å². The molecule has 0 aliphatic carbocycles. The van der Waals surface area contributed by atoms with Crippen LogP contribution in [-0.4, -0.2) is 56.4 Å². The molecule has 48 heavy (non-hydrogen) atoms. The Morgan fingerprint density at radius 2 is 1.69 bits per heavy atom. The minimum atomic E-state index is -1.73. The average Bonchev–Trinajstić information content (AvgIpc) is 3.33. The number of nitrogens with zero attached hydrogens (tertiary/aromatic N) is 1. The summed E-state index contributed by atoms with van der Waals surface area (Å²) in [5.74, 6) is -2.79. The zero-order chi connectivity index (χ0) is 34.4. The van der Waals surface area contributed by atoms with Crippen molar-refractivity contribution in [2.75, 3.05) is 26.4 Å². The number of halogens is 3. The molecular weight excluding hydrogens is 672 g/mol. The number of esters is 1. The highest BCUT2D eigenvalue weighted by Gasteiger charge is 2.62. The molecule has 3 aromatic carbocycles. The lowest BCUT2D eigenvalue weighted by Crippen LogP contribution is -2.57. The second-order valence-electron chi connectivity index (χ2n) is 14.3. The molecular formula is C37H42Cl2FNO6Si. The largest absolute Gasteiger partial charge is 0.466 e. The number of benzene rings is 3. The van der Waals surface area contributed by atoms with Gasteiger partial charge in [-0.1, -0.05) is 74.0 Å². The fourth-order valence-electron chi connectivity index (χ4n) is 7.46. The van der Waals surface area contributed by atoms with E-state index in [1.807, 2.05) is 6.92 Å². The van der Waals surface area contributed by atoms with Crippen LogP contribution >= 0.6 is 23.2 Å². The van der Waals surface area contributed by atoms with Crippen LogP contribution in [0.1, 0.15) is 64.8 Å². The molecule has 1 amide bonds. The summed E-state index contributed by atoms with van der Waals surface area (Å²) in [4.78, 5) is 30.3. The molecule has 4 atom stereocenters. The summed E-state index contributed by atoms with van der Waals surface area (Å²) in [5, 5.41) is 13.0. The minimum absolute atomic E-state index is 0.0357. The number of carbonyl (C=O) groups excluding carboxylic acids is 2. The molecule has 11 heteroatoms. The summed E-state index contributed by atoms with van der Waals surface area (Å²) in [5.41, 5.74) is -1.57. The molecule has 3 aliphatic rings. The van der Waals surface area contributed by atoms with Crippen LogP contribution in [0.25, 0.3) is 0 Å². The Balaban J connectivity index is 1.52. The van der Waals surface area contributed by atoms with E-state index in [9.17, 15) is 14.7 Å². The standard InChI is InChI=1S/C37H42Cl2FNO6Si/c1-5-36(44,24-14-16-45-17-15-24)26-20-29-32(31(40)21-26)37(25-8-12-28(39)13-9-25)41(34(29)42)33(23-6-10-27(38)11-7-23)30(22-47-37)35(43)46-18-19-48(2,3)4/h6-13,20-21,24,30,33,44H,5,14-19,22H2,1-4H3/t30-,33+,36-,37+/m0/s1. The van der Waals surface area contributed by atoms with Crippen molar-refractivity contribution in [3.05, 3.63) is 104 Å². The average molecular weight is 715 g/mol. The summed E-state index contributed by atoms with van der Waals surface area (Å²) in [6.07, 6.45) is 1.55. The van der Waals surface area contributed by atoms with Crippen molar-refractivity contribution < 1.29 is 33.3 Å². The molecule has 2 saturated heterocycles. The molecule has 0 saturated carbocycles. The number of aliphatic hydroxyl groups is 1. The number of fused-ring (bicyclic) bond motifs is 3. The minimum Gasteiger partial charge on any atom is -0.466 e. The lowest BCUT2D eigenvalue weighted by atomic mass is 9.74. The Labute approximate surface area is 292 Å². The highest BCUT2D eigenvalue weighted by Crippen LogP contribution is 2.56. The monoisotopic (exact) mass is 713 g/mol. The van der Waals surface area contributed by atoms with E-state index in [0.29, 0.717) is 59.2 Å². The van der Waals surface area contributed by atoms with Gasteiger partial charge in [-0.25, -0.2) is 4.39 Å². The van der Waals surface area contributed by atoms with E-state index in [2.05, 4.69) is 19.6 Å². The van der Waals surface area contributed by atoms with Gasteiger partial charge >= 0.3 is 5.97 Å². The summed E-state index contributed by atoms with van der Waals surface area (Å²) < 4.78 is 34.9. The highest BCUT2D eigenvalue weighted by molar-refractivity contribution is 6.76. The van der Waals surface area contributed by atoms with Crippen LogP contribution < -0.4 is 0 Å². The van der Waals surface area contributed by atoms with Crippen molar-refractivity contribution in [1.29, 1.82) is 0 Å². The molecule has 0 aromatic heterocycles. The maximum absolute atomic E-state index is 16.9. The van der Waals surface area contributed by atoms with Crippen LogP contribution in [0.2, 0.25) is 35.7 Å². The van der Waals surface area contributed by atoms with E-state index < -0.39 is 49.1 Å². The predicted molar refractivity (Wildman–Crippen MR) is 185 cm³/mol. The number of rotatable bonds is 9. The van der Waals surface area contributed by atoms with Gasteiger partial charge in [0, 0.05) is 36.9 Å². The van der Waals surface area contributed by atoms with Crippen molar-refractivity contribution in [3.8, 4) is 0 Å². The lowest BCUT2D eigenvalue weighted by molar-refractivity contribution is -0.199. The lowest BCUT2D eigenvalue weighted by Gasteiger charge is -2.50. The first-order valence-corrected chi connectivity index (χ1v) is 21.1. The van der Waals surface area contributed by atoms with Crippen molar-refractivity contribution >= 4 is 43.2 Å². The van der Waals surface area contributed by atoms with Crippen LogP contribution in [0.4, 0.5) is 4.39 Å². The molecule has 3 heterocycles. The maximum Gasteiger partial charge on any atom is 0.313 e. The van der Waals surface area contributed by atoms with Crippen molar-refractivity contribution in [2.45, 2.75) is 69.2 Å². The highest BCUT2D eigenvalue weighted by atomic mass is 35.5. The van der Waals surface area contributed by atoms with Gasteiger partial charge in [0.25, 0.3) is 5.91 Å². The number of amides is 1. The fraction of sp³-hybridized carbons (Fsp3) is 0.459. The van der Waals surface area contributed by atoms with E-state index in [-0.39, 0.29) is 30.3 Å². The third kappa shape index (κ3) is 6.22. The zero-order valence-electron chi connectivity index (χ0n) is 27.7. The molecule has 0 spiro atoms. The van der Waals surface area contributed by atoms with Crippen molar-refractivity contribution in [2.24, 2.45) is 11.8 Å². The number of hydrogen-bond acceptors (Lipinski definition) is 6. The van der Waals surface area contributed by atoms with Crippen LogP contribution in [0.3, 0.4) is 0 Å². The Kier molecular flexibility index (Phi) is 9.85. The first kappa shape index (κ1) is 35.0. The maximum atomic E-state index is 16.9. The number of carbonyl (C=O) groups is 2. The molecule has 256 valence electrons. The van der Waals surface area contributed by atoms with Gasteiger partial charge in [0.05, 0.1) is 36.0 Å². The quantitative estimate of drug-likeness (QED) is 0.178. The molecule has 3 aliphatic heterocycles. The number of hydrogen-bond donors (Lipinski definition) is 1. The molecule has 2 fully saturated rings. The number of ether oxygens (including phenoxy) is 3. The Morgan fingerprint density at radius 1 is 1.06 bits per heavy atom. The Bertz CT molecular complexity index is 1680. The molecule has 0 radical (unpaired) electrons. The van der Waals surface area contributed by atoms with Gasteiger partial charge in [-0.05, 0) is 78.7 Å². The molecule has 0 unspecified atom stereocenters. The predicted octanol–water partition coefficient (Wildman–Crippen LogP) is 8.08. The second-order valence-corrected chi connectivity index (χ2v) is 20.8. The van der Waals surface area contributed by atoms with E-state index >= 15 is 4.39 Å². The van der Waals surface area contributed by atoms with Crippen LogP contribution in [-0.2, 0) is 30.3 Å². The molecule has 0 bridgehead atoms. The van der Waals surface area contributed by atoms with Gasteiger partial charge in [0.15, 0.2) is 0 Å². The Hall–Kier alpha value is -2.79. The van der Waals surface area contributed by atoms with Gasteiger partial charge < -0.3 is 19.3 Å². The first-order chi connectivity index (χ1) is 22.8. The van der Waals surface area contributed by atoms with Gasteiger partial charge in [-0.3, -0.25) is 14.5 Å². The topological polar surface area (TPSA) is 85.3 Å². The normalized spacial score (nSPS) is 24.2. The molecule has 3 aromatic rings. The summed E-state index contributed by atoms with van der Waals surface area (Å²) in [6, 6.07) is 16.5. The fourth-order valence-corrected chi connectivity index (χ4v) is 8.42. The first-order valence-electron chi connectivity index (χ1n) is 16.6. The SMILES string of the molecule is CC[C@@](O)(c1cc(F)c2c(c1)C(=O)N1[C@H](c3ccc(Cl)cc3)[C@@H](C(=O)OCC[Si](C)(C)C)CO[C@]21c1ccc(Cl)cc1)C1CCOCC1.